The lowest BCUT2D eigenvalue weighted by atomic mass is 10.2. The van der Waals surface area contributed by atoms with Gasteiger partial charge >= 0.3 is 5.97 Å². The molecule has 0 bridgehead atoms. The van der Waals surface area contributed by atoms with Gasteiger partial charge in [0.25, 0.3) is 0 Å². The highest BCUT2D eigenvalue weighted by Crippen LogP contribution is 2.29. The van der Waals surface area contributed by atoms with Crippen LogP contribution in [0.15, 0.2) is 22.7 Å². The molecule has 0 aromatic heterocycles. The number of carboxylic acid groups (broad SMARTS) is 1. The van der Waals surface area contributed by atoms with Gasteiger partial charge in [-0.25, -0.2) is 4.39 Å². The molecular formula is C13H15BrFNO2. The summed E-state index contributed by atoms with van der Waals surface area (Å²) in [6.07, 6.45) is 2.35. The second-order valence-electron chi connectivity index (χ2n) is 4.62. The molecule has 1 aromatic rings. The monoisotopic (exact) mass is 315 g/mol. The summed E-state index contributed by atoms with van der Waals surface area (Å²) in [5.41, 5.74) is 0.874. The van der Waals surface area contributed by atoms with Crippen molar-refractivity contribution >= 4 is 21.9 Å². The number of hydrogen-bond donors (Lipinski definition) is 1. The van der Waals surface area contributed by atoms with Gasteiger partial charge in [-0.2, -0.15) is 0 Å². The van der Waals surface area contributed by atoms with Gasteiger partial charge in [0.1, 0.15) is 5.82 Å². The largest absolute Gasteiger partial charge is 0.481 e. The minimum absolute atomic E-state index is 0.132. The molecule has 1 aliphatic carbocycles. The molecule has 0 saturated heterocycles. The van der Waals surface area contributed by atoms with Crippen LogP contribution in [0.25, 0.3) is 0 Å². The van der Waals surface area contributed by atoms with E-state index in [4.69, 9.17) is 5.11 Å². The van der Waals surface area contributed by atoms with Gasteiger partial charge in [0.15, 0.2) is 0 Å². The molecule has 0 atom stereocenters. The van der Waals surface area contributed by atoms with E-state index in [0.29, 0.717) is 23.6 Å². The van der Waals surface area contributed by atoms with Crippen LogP contribution in [0.4, 0.5) is 4.39 Å². The fourth-order valence-electron chi connectivity index (χ4n) is 2.01. The third kappa shape index (κ3) is 4.07. The molecule has 0 heterocycles. The van der Waals surface area contributed by atoms with Crippen LogP contribution in [0.3, 0.4) is 0 Å². The quantitative estimate of drug-likeness (QED) is 0.877. The summed E-state index contributed by atoms with van der Waals surface area (Å²) in [5, 5.41) is 8.72. The molecule has 3 nitrogen and oxygen atoms in total. The summed E-state index contributed by atoms with van der Waals surface area (Å²) in [6.45, 7) is 1.13. The molecule has 1 N–H and O–H groups in total. The first-order valence-corrected chi connectivity index (χ1v) is 6.75. The van der Waals surface area contributed by atoms with Crippen molar-refractivity contribution in [2.24, 2.45) is 0 Å². The van der Waals surface area contributed by atoms with Crippen molar-refractivity contribution in [2.45, 2.75) is 31.8 Å². The zero-order chi connectivity index (χ0) is 13.1. The van der Waals surface area contributed by atoms with Gasteiger partial charge < -0.3 is 5.11 Å². The summed E-state index contributed by atoms with van der Waals surface area (Å²) < 4.78 is 14.0. The van der Waals surface area contributed by atoms with Gasteiger partial charge in [-0.3, -0.25) is 9.69 Å². The van der Waals surface area contributed by atoms with Crippen LogP contribution < -0.4 is 0 Å². The van der Waals surface area contributed by atoms with E-state index in [0.717, 1.165) is 18.4 Å². The second kappa shape index (κ2) is 5.80. The van der Waals surface area contributed by atoms with Crippen LogP contribution in [0.1, 0.15) is 24.8 Å². The Kier molecular flexibility index (Phi) is 4.35. The third-order valence-electron chi connectivity index (χ3n) is 2.98. The standard InChI is InChI=1S/C13H15BrFNO2/c14-10-5-9(6-11(15)7-10)8-16(12-1-2-12)4-3-13(17)18/h5-7,12H,1-4,8H2,(H,17,18). The lowest BCUT2D eigenvalue weighted by Crippen LogP contribution is -2.28. The first kappa shape index (κ1) is 13.5. The smallest absolute Gasteiger partial charge is 0.304 e. The Morgan fingerprint density at radius 2 is 2.17 bits per heavy atom. The van der Waals surface area contributed by atoms with Gasteiger partial charge in [-0.05, 0) is 36.6 Å². The van der Waals surface area contributed by atoms with Crippen molar-refractivity contribution in [3.05, 3.63) is 34.1 Å². The predicted molar refractivity (Wildman–Crippen MR) is 69.8 cm³/mol. The maximum Gasteiger partial charge on any atom is 0.304 e. The highest BCUT2D eigenvalue weighted by Gasteiger charge is 2.29. The number of hydrogen-bond acceptors (Lipinski definition) is 2. The first-order valence-electron chi connectivity index (χ1n) is 5.95. The average molecular weight is 316 g/mol. The molecule has 0 radical (unpaired) electrons. The normalized spacial score (nSPS) is 15.1. The number of benzene rings is 1. The maximum absolute atomic E-state index is 13.3. The van der Waals surface area contributed by atoms with E-state index < -0.39 is 5.97 Å². The summed E-state index contributed by atoms with van der Waals surface area (Å²) in [7, 11) is 0. The van der Waals surface area contributed by atoms with E-state index in [9.17, 15) is 9.18 Å². The molecule has 18 heavy (non-hydrogen) atoms. The number of halogens is 2. The molecular weight excluding hydrogens is 301 g/mol. The predicted octanol–water partition coefficient (Wildman–Crippen LogP) is 3.03. The summed E-state index contributed by atoms with van der Waals surface area (Å²) >= 11 is 3.27. The van der Waals surface area contributed by atoms with E-state index in [-0.39, 0.29) is 12.2 Å². The second-order valence-corrected chi connectivity index (χ2v) is 5.54. The van der Waals surface area contributed by atoms with E-state index in [1.165, 1.54) is 12.1 Å². The summed E-state index contributed by atoms with van der Waals surface area (Å²) in [6, 6.07) is 5.26. The molecule has 1 saturated carbocycles. The molecule has 1 aromatic carbocycles. The molecule has 0 amide bonds. The maximum atomic E-state index is 13.3. The van der Waals surface area contributed by atoms with Gasteiger partial charge in [-0.1, -0.05) is 15.9 Å². The number of nitrogens with zero attached hydrogens (tertiary/aromatic N) is 1. The van der Waals surface area contributed by atoms with Crippen LogP contribution in [0, 0.1) is 5.82 Å². The lowest BCUT2D eigenvalue weighted by molar-refractivity contribution is -0.137. The molecule has 0 spiro atoms. The van der Waals surface area contributed by atoms with Crippen molar-refractivity contribution in [1.29, 1.82) is 0 Å². The van der Waals surface area contributed by atoms with E-state index >= 15 is 0 Å². The van der Waals surface area contributed by atoms with Crippen molar-refractivity contribution in [3.8, 4) is 0 Å². The van der Waals surface area contributed by atoms with Crippen molar-refractivity contribution in [3.63, 3.8) is 0 Å². The zero-order valence-electron chi connectivity index (χ0n) is 9.90. The van der Waals surface area contributed by atoms with Crippen molar-refractivity contribution < 1.29 is 14.3 Å². The van der Waals surface area contributed by atoms with Crippen molar-refractivity contribution in [2.75, 3.05) is 6.54 Å². The van der Waals surface area contributed by atoms with Crippen LogP contribution in [0.5, 0.6) is 0 Å². The van der Waals surface area contributed by atoms with Crippen LogP contribution >= 0.6 is 15.9 Å². The van der Waals surface area contributed by atoms with E-state index in [1.54, 1.807) is 0 Å². The van der Waals surface area contributed by atoms with Gasteiger partial charge in [-0.15, -0.1) is 0 Å². The topological polar surface area (TPSA) is 40.5 Å². The Morgan fingerprint density at radius 1 is 1.44 bits per heavy atom. The number of rotatable bonds is 6. The van der Waals surface area contributed by atoms with E-state index in [1.807, 2.05) is 6.07 Å². The molecule has 1 fully saturated rings. The Hall–Kier alpha value is -0.940. The van der Waals surface area contributed by atoms with Crippen LogP contribution in [0.2, 0.25) is 0 Å². The average Bonchev–Trinajstić information content (AvgIpc) is 3.06. The summed E-state index contributed by atoms with van der Waals surface area (Å²) in [5.74, 6) is -1.06. The van der Waals surface area contributed by atoms with Gasteiger partial charge in [0, 0.05) is 23.6 Å². The highest BCUT2D eigenvalue weighted by atomic mass is 79.9. The van der Waals surface area contributed by atoms with Crippen LogP contribution in [-0.2, 0) is 11.3 Å². The Morgan fingerprint density at radius 3 is 2.72 bits per heavy atom. The SMILES string of the molecule is O=C(O)CCN(Cc1cc(F)cc(Br)c1)C1CC1. The van der Waals surface area contributed by atoms with Crippen LogP contribution in [-0.4, -0.2) is 28.6 Å². The molecule has 1 aliphatic rings. The Bertz CT molecular complexity index is 428. The van der Waals surface area contributed by atoms with E-state index in [2.05, 4.69) is 20.8 Å². The van der Waals surface area contributed by atoms with Crippen molar-refractivity contribution in [1.82, 2.24) is 4.90 Å². The minimum Gasteiger partial charge on any atom is -0.481 e. The molecule has 5 heteroatoms. The molecule has 0 aliphatic heterocycles. The van der Waals surface area contributed by atoms with Gasteiger partial charge in [0.05, 0.1) is 6.42 Å². The Labute approximate surface area is 114 Å². The molecule has 98 valence electrons. The Balaban J connectivity index is 2.01. The molecule has 2 rings (SSSR count). The van der Waals surface area contributed by atoms with Gasteiger partial charge in [0.2, 0.25) is 0 Å². The fraction of sp³-hybridized carbons (Fsp3) is 0.462. The highest BCUT2D eigenvalue weighted by molar-refractivity contribution is 9.10. The zero-order valence-corrected chi connectivity index (χ0v) is 11.5. The third-order valence-corrected chi connectivity index (χ3v) is 3.44. The first-order chi connectivity index (χ1) is 8.54. The fourth-order valence-corrected chi connectivity index (χ4v) is 2.52. The summed E-state index contributed by atoms with van der Waals surface area (Å²) in [4.78, 5) is 12.7. The lowest BCUT2D eigenvalue weighted by Gasteiger charge is -2.21. The number of aliphatic carboxylic acids is 1. The number of carboxylic acids is 1. The number of carbonyl (C=O) groups is 1. The minimum atomic E-state index is -0.791. The molecule has 0 unspecified atom stereocenters.